The van der Waals surface area contributed by atoms with E-state index in [4.69, 9.17) is 10.2 Å². The van der Waals surface area contributed by atoms with E-state index in [1.165, 1.54) is 0 Å². The van der Waals surface area contributed by atoms with Crippen LogP contribution in [0.3, 0.4) is 0 Å². The van der Waals surface area contributed by atoms with Gasteiger partial charge in [-0.15, -0.1) is 0 Å². The normalized spacial score (nSPS) is 10.5. The van der Waals surface area contributed by atoms with Crippen LogP contribution in [-0.4, -0.2) is 71.2 Å². The molecule has 0 heterocycles. The van der Waals surface area contributed by atoms with Gasteiger partial charge < -0.3 is 49.8 Å². The number of aliphatic carboxylic acids is 6. The molecule has 14 nitrogen and oxygen atoms in total. The van der Waals surface area contributed by atoms with Crippen molar-refractivity contribution in [3.05, 3.63) is 0 Å². The average molecular weight is 498 g/mol. The molecule has 2 atom stereocenters. The fraction of sp³-hybridized carbons (Fsp3) is 0.571. The Hall–Kier alpha value is 0.740. The van der Waals surface area contributed by atoms with Crippen molar-refractivity contribution in [3.63, 3.8) is 0 Å². The molecule has 0 aliphatic rings. The predicted octanol–water partition coefficient (Wildman–Crippen LogP) is -19.4. The second-order valence-corrected chi connectivity index (χ2v) is 5.11. The van der Waals surface area contributed by atoms with Gasteiger partial charge in [0.1, 0.15) is 0 Å². The summed E-state index contributed by atoms with van der Waals surface area (Å²) in [5.41, 5.74) is 0. The van der Waals surface area contributed by atoms with Crippen molar-refractivity contribution in [2.24, 2.45) is 0 Å². The molecule has 18 heteroatoms. The molecule has 0 fully saturated rings. The summed E-state index contributed by atoms with van der Waals surface area (Å²) in [4.78, 5) is 60.8. The van der Waals surface area contributed by atoms with E-state index < -0.39 is 73.8 Å². The van der Waals surface area contributed by atoms with Gasteiger partial charge in [-0.2, -0.15) is 0 Å². The minimum Gasteiger partial charge on any atom is -0.550 e. The van der Waals surface area contributed by atoms with Crippen LogP contribution in [0.5, 0.6) is 0 Å². The molecule has 0 amide bonds. The Labute approximate surface area is 271 Å². The first kappa shape index (κ1) is 46.1. The molecule has 0 spiro atoms. The Kier molecular flexibility index (Phi) is 40.3. The molecule has 0 radical (unpaired) electrons. The fourth-order valence-electron chi connectivity index (χ4n) is 1.55. The first-order chi connectivity index (χ1) is 12.9. The van der Waals surface area contributed by atoms with E-state index in [9.17, 15) is 49.2 Å². The number of carboxylic acid groups (broad SMARTS) is 6. The number of hydrogen-bond acceptors (Lipinski definition) is 12. The van der Waals surface area contributed by atoms with E-state index in [2.05, 4.69) is 10.6 Å². The van der Waals surface area contributed by atoms with Crippen molar-refractivity contribution < 1.29 is 178 Å². The second-order valence-electron chi connectivity index (χ2n) is 5.11. The summed E-state index contributed by atoms with van der Waals surface area (Å²) in [7, 11) is 0. The van der Waals surface area contributed by atoms with Crippen molar-refractivity contribution in [2.45, 2.75) is 37.8 Å². The van der Waals surface area contributed by atoms with Gasteiger partial charge in [0.05, 0.1) is 25.0 Å². The van der Waals surface area contributed by atoms with Crippen LogP contribution in [0.15, 0.2) is 0 Å². The minimum absolute atomic E-state index is 0. The molecule has 0 bridgehead atoms. The number of hydrogen-bond donors (Lipinski definition) is 4. The van der Waals surface area contributed by atoms with Crippen molar-refractivity contribution >= 4 is 35.8 Å². The van der Waals surface area contributed by atoms with Gasteiger partial charge in [-0.05, 0) is 25.7 Å². The van der Waals surface area contributed by atoms with Crippen molar-refractivity contribution in [2.75, 3.05) is 13.1 Å². The number of carbonyl (C=O) groups is 6. The largest absolute Gasteiger partial charge is 1.00 e. The SMILES string of the molecule is O=C([O-])CC[C@H](NCC(=O)O)C(=O)[O-].O=C([O-])CC[C@H](NCC(=O)O)C(=O)[O-].[Na+].[Na+].[Na+].[Na+]. The summed E-state index contributed by atoms with van der Waals surface area (Å²) in [6, 6.07) is -2.58. The first-order valence-electron chi connectivity index (χ1n) is 7.58. The zero-order chi connectivity index (χ0) is 22.3. The van der Waals surface area contributed by atoms with E-state index >= 15 is 0 Å². The van der Waals surface area contributed by atoms with Crippen LogP contribution in [0, 0.1) is 0 Å². The van der Waals surface area contributed by atoms with Gasteiger partial charge in [-0.25, -0.2) is 0 Å². The molecule has 0 rings (SSSR count). The monoisotopic (exact) mass is 498 g/mol. The molecule has 0 aliphatic heterocycles. The molecule has 0 aliphatic carbocycles. The number of carbonyl (C=O) groups excluding carboxylic acids is 4. The van der Waals surface area contributed by atoms with Crippen molar-refractivity contribution in [3.8, 4) is 0 Å². The predicted molar refractivity (Wildman–Crippen MR) is 77.3 cm³/mol. The topological polar surface area (TPSA) is 259 Å². The Balaban J connectivity index is -0.0000000939. The standard InChI is InChI=1S/2C7H11NO6.4Na/c2*9-5(10)2-1-4(7(13)14)8-3-6(11)12;;;;/h2*4,8H,1-3H2,(H,9,10)(H,11,12)(H,13,14);;;;/q;;4*+1/p-4/t2*4-;;;;/m00..../s1. The molecule has 0 saturated carbocycles. The maximum atomic E-state index is 10.3. The van der Waals surface area contributed by atoms with Gasteiger partial charge in [0, 0.05) is 24.0 Å². The van der Waals surface area contributed by atoms with E-state index in [0.717, 1.165) is 0 Å². The summed E-state index contributed by atoms with van der Waals surface area (Å²) in [5.74, 6) is -8.32. The fourth-order valence-corrected chi connectivity index (χ4v) is 1.55. The second kappa shape index (κ2) is 28.0. The van der Waals surface area contributed by atoms with Crippen LogP contribution in [-0.2, 0) is 28.8 Å². The molecule has 32 heavy (non-hydrogen) atoms. The van der Waals surface area contributed by atoms with Crippen LogP contribution in [0.4, 0.5) is 0 Å². The molecule has 0 saturated heterocycles. The summed E-state index contributed by atoms with van der Waals surface area (Å²) >= 11 is 0. The molecule has 0 aromatic rings. The molecule has 0 unspecified atom stereocenters. The van der Waals surface area contributed by atoms with E-state index in [1.54, 1.807) is 0 Å². The third-order valence-electron chi connectivity index (χ3n) is 2.84. The van der Waals surface area contributed by atoms with Gasteiger partial charge in [-0.1, -0.05) is 0 Å². The van der Waals surface area contributed by atoms with Crippen LogP contribution < -0.4 is 149 Å². The van der Waals surface area contributed by atoms with Gasteiger partial charge in [0.25, 0.3) is 0 Å². The Morgan fingerprint density at radius 3 is 1.00 bits per heavy atom. The van der Waals surface area contributed by atoms with Gasteiger partial charge in [0.15, 0.2) is 0 Å². The smallest absolute Gasteiger partial charge is 0.550 e. The quantitative estimate of drug-likeness (QED) is 0.162. The van der Waals surface area contributed by atoms with E-state index in [-0.39, 0.29) is 131 Å². The zero-order valence-corrected chi connectivity index (χ0v) is 26.4. The molecule has 0 aromatic carbocycles. The maximum Gasteiger partial charge on any atom is 1.00 e. The molecular weight excluding hydrogens is 480 g/mol. The average Bonchev–Trinajstić information content (AvgIpc) is 2.53. The third-order valence-corrected chi connectivity index (χ3v) is 2.84. The summed E-state index contributed by atoms with van der Waals surface area (Å²) in [5, 5.41) is 61.4. The minimum atomic E-state index is -1.53. The van der Waals surface area contributed by atoms with Crippen LogP contribution in [0.1, 0.15) is 25.7 Å². The first-order valence-corrected chi connectivity index (χ1v) is 7.58. The molecule has 160 valence electrons. The number of nitrogens with one attached hydrogen (secondary N) is 2. The number of carboxylic acids is 6. The number of rotatable bonds is 14. The maximum absolute atomic E-state index is 10.3. The van der Waals surface area contributed by atoms with Crippen LogP contribution in [0.2, 0.25) is 0 Å². The Morgan fingerprint density at radius 2 is 0.844 bits per heavy atom. The van der Waals surface area contributed by atoms with Crippen molar-refractivity contribution in [1.29, 1.82) is 0 Å². The Morgan fingerprint density at radius 1 is 0.594 bits per heavy atom. The van der Waals surface area contributed by atoms with E-state index in [1.807, 2.05) is 0 Å². The van der Waals surface area contributed by atoms with E-state index in [0.29, 0.717) is 0 Å². The summed E-state index contributed by atoms with van der Waals surface area (Å²) in [6.07, 6.45) is -1.47. The van der Waals surface area contributed by atoms with Crippen molar-refractivity contribution in [1.82, 2.24) is 10.6 Å². The zero-order valence-electron chi connectivity index (χ0n) is 18.4. The van der Waals surface area contributed by atoms with Gasteiger partial charge >= 0.3 is 130 Å². The molecule has 0 aromatic heterocycles. The van der Waals surface area contributed by atoms with Gasteiger partial charge in [0.2, 0.25) is 0 Å². The third kappa shape index (κ3) is 32.9. The molecular formula is C14H18N2Na4O12. The van der Waals surface area contributed by atoms with Gasteiger partial charge in [-0.3, -0.25) is 20.2 Å². The van der Waals surface area contributed by atoms with Crippen LogP contribution >= 0.6 is 0 Å². The summed E-state index contributed by atoms with van der Waals surface area (Å²) < 4.78 is 0. The Bertz CT molecular complexity index is 508. The molecule has 4 N–H and O–H groups in total. The summed E-state index contributed by atoms with van der Waals surface area (Å²) in [6.45, 7) is -1.13. The van der Waals surface area contributed by atoms with Crippen LogP contribution in [0.25, 0.3) is 0 Å².